The third-order valence-corrected chi connectivity index (χ3v) is 3.79. The number of aromatic amines is 1. The van der Waals surface area contributed by atoms with Crippen molar-refractivity contribution in [3.63, 3.8) is 0 Å². The average Bonchev–Trinajstić information content (AvgIpc) is 2.68. The van der Waals surface area contributed by atoms with E-state index in [1.54, 1.807) is 36.4 Å². The van der Waals surface area contributed by atoms with E-state index >= 15 is 0 Å². The number of nitrogens with one attached hydrogen (secondary N) is 2. The van der Waals surface area contributed by atoms with Crippen LogP contribution in [-0.2, 0) is 6.18 Å². The lowest BCUT2D eigenvalue weighted by Crippen LogP contribution is -2.16. The number of nitriles is 1. The molecule has 0 aliphatic carbocycles. The smallest absolute Gasteiger partial charge is 0.290 e. The van der Waals surface area contributed by atoms with Crippen LogP contribution in [0.1, 0.15) is 16.7 Å². The fraction of sp³-hybridized carbons (Fsp3) is 0.0526. The Morgan fingerprint density at radius 2 is 1.86 bits per heavy atom. The van der Waals surface area contributed by atoms with Crippen molar-refractivity contribution < 1.29 is 17.6 Å². The van der Waals surface area contributed by atoms with Gasteiger partial charge in [0.05, 0.1) is 17.5 Å². The van der Waals surface area contributed by atoms with Gasteiger partial charge >= 0.3 is 6.18 Å². The molecule has 2 aromatic carbocycles. The Balaban J connectivity index is 1.92. The average molecular weight is 401 g/mol. The van der Waals surface area contributed by atoms with E-state index in [1.807, 2.05) is 0 Å². The predicted molar refractivity (Wildman–Crippen MR) is 97.6 cm³/mol. The molecule has 1 heterocycles. The van der Waals surface area contributed by atoms with Crippen LogP contribution < -0.4 is 11.0 Å². The van der Waals surface area contributed by atoms with Crippen LogP contribution in [0.4, 0.5) is 23.5 Å². The normalized spacial score (nSPS) is 11.4. The van der Waals surface area contributed by atoms with Gasteiger partial charge in [-0.1, -0.05) is 42.5 Å². The second kappa shape index (κ2) is 7.93. The van der Waals surface area contributed by atoms with Crippen molar-refractivity contribution in [2.75, 3.05) is 5.43 Å². The monoisotopic (exact) mass is 401 g/mol. The van der Waals surface area contributed by atoms with Crippen LogP contribution in [0.25, 0.3) is 11.3 Å². The summed E-state index contributed by atoms with van der Waals surface area (Å²) < 4.78 is 52.3. The number of anilines is 1. The lowest BCUT2D eigenvalue weighted by molar-refractivity contribution is -0.140. The Labute approximate surface area is 161 Å². The number of H-pyrrole nitrogens is 1. The number of hydrogen-bond donors (Lipinski definition) is 2. The van der Waals surface area contributed by atoms with Gasteiger partial charge in [-0.3, -0.25) is 9.78 Å². The van der Waals surface area contributed by atoms with Crippen molar-refractivity contribution in [3.05, 3.63) is 81.4 Å². The molecule has 10 heteroatoms. The van der Waals surface area contributed by atoms with Crippen LogP contribution in [-0.4, -0.2) is 16.2 Å². The summed E-state index contributed by atoms with van der Waals surface area (Å²) in [7, 11) is 0. The van der Waals surface area contributed by atoms with Gasteiger partial charge in [-0.25, -0.2) is 14.8 Å². The lowest BCUT2D eigenvalue weighted by Gasteiger charge is -2.09. The second-order valence-corrected chi connectivity index (χ2v) is 5.69. The van der Waals surface area contributed by atoms with Gasteiger partial charge in [-0.2, -0.15) is 23.5 Å². The first-order valence-electron chi connectivity index (χ1n) is 8.06. The molecule has 0 amide bonds. The van der Waals surface area contributed by atoms with E-state index in [1.165, 1.54) is 0 Å². The molecule has 0 unspecified atom stereocenters. The molecule has 1 aromatic heterocycles. The van der Waals surface area contributed by atoms with Gasteiger partial charge in [0.25, 0.3) is 5.56 Å². The number of hydrazone groups is 1. The maximum absolute atomic E-state index is 14.0. The van der Waals surface area contributed by atoms with Crippen LogP contribution in [0.3, 0.4) is 0 Å². The van der Waals surface area contributed by atoms with Crippen molar-refractivity contribution in [1.29, 1.82) is 5.26 Å². The molecule has 146 valence electrons. The third-order valence-electron chi connectivity index (χ3n) is 3.79. The zero-order chi connectivity index (χ0) is 21.0. The standard InChI is InChI=1S/C19H11F4N5O/c20-15-12(7-4-8-14(15)19(21,22)23)10-25-28-18-26-16(11-5-2-1-3-6-11)13(9-24)17(29)27-18/h1-8,10H,(H2,26,27,28,29). The molecule has 0 aliphatic heterocycles. The number of rotatable bonds is 4. The first-order chi connectivity index (χ1) is 13.8. The lowest BCUT2D eigenvalue weighted by atomic mass is 10.1. The Bertz CT molecular complexity index is 1160. The summed E-state index contributed by atoms with van der Waals surface area (Å²) >= 11 is 0. The van der Waals surface area contributed by atoms with Gasteiger partial charge in [0.15, 0.2) is 0 Å². The van der Waals surface area contributed by atoms with E-state index in [4.69, 9.17) is 0 Å². The van der Waals surface area contributed by atoms with Gasteiger partial charge in [-0.15, -0.1) is 0 Å². The molecule has 0 aliphatic rings. The Morgan fingerprint density at radius 1 is 1.14 bits per heavy atom. The topological polar surface area (TPSA) is 93.9 Å². The van der Waals surface area contributed by atoms with Crippen molar-refractivity contribution >= 4 is 12.2 Å². The molecule has 0 bridgehead atoms. The van der Waals surface area contributed by atoms with Crippen LogP contribution in [0.5, 0.6) is 0 Å². The molecule has 6 nitrogen and oxygen atoms in total. The van der Waals surface area contributed by atoms with Gasteiger partial charge in [0.1, 0.15) is 17.4 Å². The van der Waals surface area contributed by atoms with E-state index < -0.39 is 28.7 Å². The minimum atomic E-state index is -4.84. The summed E-state index contributed by atoms with van der Waals surface area (Å²) in [5, 5.41) is 12.8. The maximum atomic E-state index is 14.0. The van der Waals surface area contributed by atoms with E-state index in [0.29, 0.717) is 11.6 Å². The molecule has 0 fully saturated rings. The number of hydrogen-bond acceptors (Lipinski definition) is 5. The summed E-state index contributed by atoms with van der Waals surface area (Å²) in [6.07, 6.45) is -4.02. The summed E-state index contributed by atoms with van der Waals surface area (Å²) in [6, 6.07) is 13.0. The molecule has 29 heavy (non-hydrogen) atoms. The molecule has 2 N–H and O–H groups in total. The summed E-state index contributed by atoms with van der Waals surface area (Å²) in [4.78, 5) is 18.5. The quantitative estimate of drug-likeness (QED) is 0.394. The highest BCUT2D eigenvalue weighted by molar-refractivity contribution is 5.81. The highest BCUT2D eigenvalue weighted by Crippen LogP contribution is 2.32. The van der Waals surface area contributed by atoms with E-state index in [2.05, 4.69) is 20.5 Å². The van der Waals surface area contributed by atoms with E-state index in [9.17, 15) is 27.6 Å². The van der Waals surface area contributed by atoms with Crippen LogP contribution in [0.15, 0.2) is 58.4 Å². The third kappa shape index (κ3) is 4.30. The molecular weight excluding hydrogens is 390 g/mol. The van der Waals surface area contributed by atoms with Gasteiger partial charge in [-0.05, 0) is 6.07 Å². The summed E-state index contributed by atoms with van der Waals surface area (Å²) in [5.41, 5.74) is 0.154. The fourth-order valence-electron chi connectivity index (χ4n) is 2.47. The Kier molecular flexibility index (Phi) is 5.40. The van der Waals surface area contributed by atoms with Crippen molar-refractivity contribution in [2.45, 2.75) is 6.18 Å². The molecule has 0 spiro atoms. The minimum Gasteiger partial charge on any atom is -0.290 e. The minimum absolute atomic E-state index is 0.0970. The number of halogens is 4. The van der Waals surface area contributed by atoms with Crippen molar-refractivity contribution in [3.8, 4) is 17.3 Å². The van der Waals surface area contributed by atoms with Crippen molar-refractivity contribution in [1.82, 2.24) is 9.97 Å². The number of benzene rings is 2. The van der Waals surface area contributed by atoms with Gasteiger partial charge in [0, 0.05) is 11.1 Å². The van der Waals surface area contributed by atoms with Gasteiger partial charge < -0.3 is 0 Å². The highest BCUT2D eigenvalue weighted by atomic mass is 19.4. The first-order valence-corrected chi connectivity index (χ1v) is 8.06. The molecule has 0 atom stereocenters. The van der Waals surface area contributed by atoms with Crippen molar-refractivity contribution in [2.24, 2.45) is 5.10 Å². The molecule has 0 radical (unpaired) electrons. The Morgan fingerprint density at radius 3 is 2.52 bits per heavy atom. The second-order valence-electron chi connectivity index (χ2n) is 5.69. The highest BCUT2D eigenvalue weighted by Gasteiger charge is 2.34. The summed E-state index contributed by atoms with van der Waals surface area (Å²) in [6.45, 7) is 0. The van der Waals surface area contributed by atoms with Crippen LogP contribution >= 0.6 is 0 Å². The Hall–Kier alpha value is -4.00. The van der Waals surface area contributed by atoms with E-state index in [-0.39, 0.29) is 17.2 Å². The predicted octanol–water partition coefficient (Wildman–Crippen LogP) is 3.91. The summed E-state index contributed by atoms with van der Waals surface area (Å²) in [5.74, 6) is -1.65. The molecule has 0 saturated carbocycles. The largest absolute Gasteiger partial charge is 0.419 e. The zero-order valence-electron chi connectivity index (χ0n) is 14.5. The fourth-order valence-corrected chi connectivity index (χ4v) is 2.47. The molecule has 3 rings (SSSR count). The molecule has 3 aromatic rings. The number of alkyl halides is 3. The van der Waals surface area contributed by atoms with Gasteiger partial charge in [0.2, 0.25) is 5.95 Å². The number of aromatic nitrogens is 2. The van der Waals surface area contributed by atoms with Crippen LogP contribution in [0.2, 0.25) is 0 Å². The molecular formula is C19H11F4N5O. The maximum Gasteiger partial charge on any atom is 0.419 e. The van der Waals surface area contributed by atoms with Crippen LogP contribution in [0, 0.1) is 17.1 Å². The number of nitrogens with zero attached hydrogens (tertiary/aromatic N) is 3. The SMILES string of the molecule is N#Cc1c(-c2ccccc2)nc(NN=Cc2cccc(C(F)(F)F)c2F)[nH]c1=O. The first kappa shape index (κ1) is 19.8. The zero-order valence-corrected chi connectivity index (χ0v) is 14.5. The molecule has 0 saturated heterocycles. The van der Waals surface area contributed by atoms with E-state index in [0.717, 1.165) is 18.3 Å².